The normalized spacial score (nSPS) is 11.0. The van der Waals surface area contributed by atoms with Gasteiger partial charge < -0.3 is 20.5 Å². The minimum absolute atomic E-state index is 0.191. The molecule has 1 rings (SSSR count). The second-order valence-electron chi connectivity index (χ2n) is 5.34. The molecule has 6 heteroatoms. The Balaban J connectivity index is 2.61. The molecule has 21 heavy (non-hydrogen) atoms. The molecule has 0 unspecified atom stereocenters. The number of rotatable bonds is 6. The van der Waals surface area contributed by atoms with Crippen molar-refractivity contribution in [3.8, 4) is 0 Å². The number of aromatic carboxylic acids is 1. The van der Waals surface area contributed by atoms with Crippen LogP contribution in [0.2, 0.25) is 0 Å². The number of carbonyl (C=O) groups is 2. The fourth-order valence-electron chi connectivity index (χ4n) is 1.84. The van der Waals surface area contributed by atoms with E-state index in [1.54, 1.807) is 13.0 Å². The Morgan fingerprint density at radius 3 is 2.52 bits per heavy atom. The third-order valence-electron chi connectivity index (χ3n) is 2.93. The number of ether oxygens (including phenoxy) is 1. The van der Waals surface area contributed by atoms with Crippen LogP contribution in [-0.4, -0.2) is 35.9 Å². The molecule has 0 fully saturated rings. The van der Waals surface area contributed by atoms with Crippen LogP contribution in [0.15, 0.2) is 18.2 Å². The molecule has 0 aliphatic carbocycles. The smallest absolute Gasteiger partial charge is 0.335 e. The van der Waals surface area contributed by atoms with E-state index in [0.29, 0.717) is 24.4 Å². The summed E-state index contributed by atoms with van der Waals surface area (Å²) in [7, 11) is 0. The SMILES string of the molecule is CCOC(C)(C)CNC(=O)Nc1ccc(C(=O)O)cc1C. The van der Waals surface area contributed by atoms with Gasteiger partial charge in [-0.15, -0.1) is 0 Å². The molecular weight excluding hydrogens is 272 g/mol. The quantitative estimate of drug-likeness (QED) is 0.752. The van der Waals surface area contributed by atoms with Crippen molar-refractivity contribution in [2.24, 2.45) is 0 Å². The van der Waals surface area contributed by atoms with Crippen LogP contribution >= 0.6 is 0 Å². The fourth-order valence-corrected chi connectivity index (χ4v) is 1.84. The highest BCUT2D eigenvalue weighted by atomic mass is 16.5. The maximum Gasteiger partial charge on any atom is 0.335 e. The maximum absolute atomic E-state index is 11.8. The first kappa shape index (κ1) is 17.0. The average Bonchev–Trinajstić information content (AvgIpc) is 2.38. The van der Waals surface area contributed by atoms with Crippen LogP contribution in [0.25, 0.3) is 0 Å². The van der Waals surface area contributed by atoms with Gasteiger partial charge in [0.2, 0.25) is 0 Å². The molecule has 6 nitrogen and oxygen atoms in total. The van der Waals surface area contributed by atoms with Gasteiger partial charge in [-0.25, -0.2) is 9.59 Å². The van der Waals surface area contributed by atoms with Crippen molar-refractivity contribution in [3.05, 3.63) is 29.3 Å². The molecule has 0 atom stereocenters. The second-order valence-corrected chi connectivity index (χ2v) is 5.34. The molecule has 2 amide bonds. The lowest BCUT2D eigenvalue weighted by molar-refractivity contribution is -0.00663. The number of nitrogens with one attached hydrogen (secondary N) is 2. The molecule has 3 N–H and O–H groups in total. The van der Waals surface area contributed by atoms with E-state index in [1.165, 1.54) is 12.1 Å². The largest absolute Gasteiger partial charge is 0.478 e. The Morgan fingerprint density at radius 2 is 2.00 bits per heavy atom. The van der Waals surface area contributed by atoms with Crippen molar-refractivity contribution < 1.29 is 19.4 Å². The number of urea groups is 1. The summed E-state index contributed by atoms with van der Waals surface area (Å²) in [5.41, 5.74) is 1.02. The van der Waals surface area contributed by atoms with Gasteiger partial charge in [0.05, 0.1) is 11.2 Å². The van der Waals surface area contributed by atoms with Crippen molar-refractivity contribution in [2.45, 2.75) is 33.3 Å². The first-order chi connectivity index (χ1) is 9.75. The highest BCUT2D eigenvalue weighted by Crippen LogP contribution is 2.16. The molecule has 116 valence electrons. The van der Waals surface area contributed by atoms with E-state index in [0.717, 1.165) is 0 Å². The summed E-state index contributed by atoms with van der Waals surface area (Å²) in [6, 6.07) is 4.19. The average molecular weight is 294 g/mol. The van der Waals surface area contributed by atoms with E-state index in [2.05, 4.69) is 10.6 Å². The van der Waals surface area contributed by atoms with Crippen LogP contribution in [0.4, 0.5) is 10.5 Å². The zero-order valence-electron chi connectivity index (χ0n) is 12.8. The number of anilines is 1. The van der Waals surface area contributed by atoms with Crippen molar-refractivity contribution in [1.82, 2.24) is 5.32 Å². The molecular formula is C15H22N2O4. The summed E-state index contributed by atoms with van der Waals surface area (Å²) in [5.74, 6) is -0.993. The predicted octanol–water partition coefficient (Wildman–Crippen LogP) is 2.63. The minimum Gasteiger partial charge on any atom is -0.478 e. The van der Waals surface area contributed by atoms with E-state index in [-0.39, 0.29) is 11.6 Å². The molecule has 0 spiro atoms. The molecule has 0 aliphatic heterocycles. The van der Waals surface area contributed by atoms with Crippen molar-refractivity contribution in [1.29, 1.82) is 0 Å². The number of benzene rings is 1. The number of hydrogen-bond donors (Lipinski definition) is 3. The summed E-state index contributed by atoms with van der Waals surface area (Å²) >= 11 is 0. The number of carboxylic acid groups (broad SMARTS) is 1. The van der Waals surface area contributed by atoms with E-state index in [1.807, 2.05) is 20.8 Å². The van der Waals surface area contributed by atoms with Crippen molar-refractivity contribution in [3.63, 3.8) is 0 Å². The van der Waals surface area contributed by atoms with E-state index in [9.17, 15) is 9.59 Å². The van der Waals surface area contributed by atoms with Crippen LogP contribution in [0, 0.1) is 6.92 Å². The van der Waals surface area contributed by atoms with Gasteiger partial charge in [-0.05, 0) is 51.5 Å². The van der Waals surface area contributed by atoms with Gasteiger partial charge in [0.15, 0.2) is 0 Å². The van der Waals surface area contributed by atoms with Gasteiger partial charge in [-0.3, -0.25) is 0 Å². The predicted molar refractivity (Wildman–Crippen MR) is 80.9 cm³/mol. The van der Waals surface area contributed by atoms with Crippen LogP contribution in [0.3, 0.4) is 0 Å². The summed E-state index contributed by atoms with van der Waals surface area (Å²) in [4.78, 5) is 22.7. The van der Waals surface area contributed by atoms with Gasteiger partial charge in [-0.1, -0.05) is 0 Å². The Morgan fingerprint density at radius 1 is 1.33 bits per heavy atom. The summed E-state index contributed by atoms with van der Waals surface area (Å²) in [5, 5.41) is 14.3. The highest BCUT2D eigenvalue weighted by Gasteiger charge is 2.18. The zero-order valence-corrected chi connectivity index (χ0v) is 12.8. The Labute approximate surface area is 124 Å². The Kier molecular flexibility index (Phi) is 5.72. The molecule has 0 heterocycles. The lowest BCUT2D eigenvalue weighted by atomic mass is 10.1. The Bertz CT molecular complexity index is 526. The molecule has 0 saturated carbocycles. The first-order valence-corrected chi connectivity index (χ1v) is 6.78. The number of carbonyl (C=O) groups excluding carboxylic acids is 1. The van der Waals surface area contributed by atoms with Crippen LogP contribution < -0.4 is 10.6 Å². The molecule has 0 saturated heterocycles. The van der Waals surface area contributed by atoms with Gasteiger partial charge in [0.25, 0.3) is 0 Å². The van der Waals surface area contributed by atoms with Gasteiger partial charge in [-0.2, -0.15) is 0 Å². The first-order valence-electron chi connectivity index (χ1n) is 6.78. The summed E-state index contributed by atoms with van der Waals surface area (Å²) in [6.45, 7) is 8.37. The van der Waals surface area contributed by atoms with E-state index >= 15 is 0 Å². The van der Waals surface area contributed by atoms with E-state index < -0.39 is 11.6 Å². The van der Waals surface area contributed by atoms with Crippen molar-refractivity contribution in [2.75, 3.05) is 18.5 Å². The molecule has 0 aliphatic rings. The highest BCUT2D eigenvalue weighted by molar-refractivity contribution is 5.92. The van der Waals surface area contributed by atoms with Crippen LogP contribution in [0.1, 0.15) is 36.7 Å². The summed E-state index contributed by atoms with van der Waals surface area (Å²) < 4.78 is 5.49. The second kappa shape index (κ2) is 7.08. The molecule has 1 aromatic carbocycles. The van der Waals surface area contributed by atoms with Crippen LogP contribution in [-0.2, 0) is 4.74 Å². The number of hydrogen-bond acceptors (Lipinski definition) is 3. The minimum atomic E-state index is -0.993. The van der Waals surface area contributed by atoms with Gasteiger partial charge in [0, 0.05) is 18.8 Å². The standard InChI is InChI=1S/C15H22N2O4/c1-5-21-15(3,4)9-16-14(20)17-12-7-6-11(13(18)19)8-10(12)2/h6-8H,5,9H2,1-4H3,(H,18,19)(H2,16,17,20). The topological polar surface area (TPSA) is 87.7 Å². The third kappa shape index (κ3) is 5.43. The zero-order chi connectivity index (χ0) is 16.0. The maximum atomic E-state index is 11.8. The molecule has 1 aromatic rings. The summed E-state index contributed by atoms with van der Waals surface area (Å²) in [6.07, 6.45) is 0. The fraction of sp³-hybridized carbons (Fsp3) is 0.467. The molecule has 0 bridgehead atoms. The number of carboxylic acids is 1. The molecule has 0 aromatic heterocycles. The van der Waals surface area contributed by atoms with Gasteiger partial charge >= 0.3 is 12.0 Å². The molecule has 0 radical (unpaired) electrons. The monoisotopic (exact) mass is 294 g/mol. The van der Waals surface area contributed by atoms with Gasteiger partial charge in [0.1, 0.15) is 0 Å². The lowest BCUT2D eigenvalue weighted by Gasteiger charge is -2.25. The number of aryl methyl sites for hydroxylation is 1. The number of amides is 2. The Hall–Kier alpha value is -2.08. The van der Waals surface area contributed by atoms with Crippen molar-refractivity contribution >= 4 is 17.7 Å². The lowest BCUT2D eigenvalue weighted by Crippen LogP contribution is -2.42. The van der Waals surface area contributed by atoms with Crippen LogP contribution in [0.5, 0.6) is 0 Å². The van der Waals surface area contributed by atoms with E-state index in [4.69, 9.17) is 9.84 Å². The third-order valence-corrected chi connectivity index (χ3v) is 2.93.